The van der Waals surface area contributed by atoms with Crippen molar-refractivity contribution < 1.29 is 17.3 Å². The highest BCUT2D eigenvalue weighted by Gasteiger charge is 2.28. The topological polar surface area (TPSA) is 76.3 Å². The van der Waals surface area contributed by atoms with Crippen LogP contribution in [0.15, 0.2) is 64.0 Å². The van der Waals surface area contributed by atoms with Crippen LogP contribution in [0.3, 0.4) is 0 Å². The second-order valence-corrected chi connectivity index (χ2v) is 10.1. The lowest BCUT2D eigenvalue weighted by Crippen LogP contribution is -2.30. The van der Waals surface area contributed by atoms with Gasteiger partial charge >= 0.3 is 0 Å². The van der Waals surface area contributed by atoms with E-state index >= 15 is 0 Å². The fourth-order valence-corrected chi connectivity index (χ4v) is 6.24. The van der Waals surface area contributed by atoms with Gasteiger partial charge < -0.3 is 4.52 Å². The number of anilines is 1. The van der Waals surface area contributed by atoms with Gasteiger partial charge in [0, 0.05) is 17.0 Å². The van der Waals surface area contributed by atoms with Gasteiger partial charge in [-0.2, -0.15) is 4.98 Å². The van der Waals surface area contributed by atoms with Gasteiger partial charge in [-0.05, 0) is 56.7 Å². The summed E-state index contributed by atoms with van der Waals surface area (Å²) in [6.07, 6.45) is 0. The molecule has 0 atom stereocenters. The van der Waals surface area contributed by atoms with Gasteiger partial charge in [0.05, 0.1) is 10.6 Å². The van der Waals surface area contributed by atoms with E-state index in [2.05, 4.69) is 10.1 Å². The van der Waals surface area contributed by atoms with E-state index in [1.807, 2.05) is 25.1 Å². The van der Waals surface area contributed by atoms with E-state index in [0.29, 0.717) is 27.5 Å². The number of nitrogens with zero attached hydrogens (tertiary/aromatic N) is 3. The second kappa shape index (κ2) is 8.24. The van der Waals surface area contributed by atoms with Crippen molar-refractivity contribution in [3.05, 3.63) is 70.9 Å². The third kappa shape index (κ3) is 4.11. The highest BCUT2D eigenvalue weighted by molar-refractivity contribution is 7.93. The molecule has 2 aromatic carbocycles. The number of aromatic nitrogens is 2. The molecule has 0 aliphatic rings. The number of rotatable bonds is 6. The Morgan fingerprint density at radius 1 is 1.10 bits per heavy atom. The number of sulfonamides is 1. The van der Waals surface area contributed by atoms with Crippen LogP contribution >= 0.6 is 11.3 Å². The fraction of sp³-hybridized carbons (Fsp3) is 0.182. The van der Waals surface area contributed by atoms with Crippen LogP contribution in [0, 0.1) is 19.7 Å². The summed E-state index contributed by atoms with van der Waals surface area (Å²) in [7, 11) is -3.79. The van der Waals surface area contributed by atoms with E-state index in [-0.39, 0.29) is 16.6 Å². The predicted molar refractivity (Wildman–Crippen MR) is 119 cm³/mol. The normalized spacial score (nSPS) is 11.6. The van der Waals surface area contributed by atoms with Gasteiger partial charge in [0.2, 0.25) is 5.82 Å². The summed E-state index contributed by atoms with van der Waals surface area (Å²) < 4.78 is 47.1. The molecule has 9 heteroatoms. The quantitative estimate of drug-likeness (QED) is 0.386. The minimum atomic E-state index is -3.79. The van der Waals surface area contributed by atoms with Gasteiger partial charge in [0.25, 0.3) is 15.9 Å². The monoisotopic (exact) mass is 457 g/mol. The summed E-state index contributed by atoms with van der Waals surface area (Å²) >= 11 is 1.26. The second-order valence-electron chi connectivity index (χ2n) is 6.97. The molecule has 6 nitrogen and oxygen atoms in total. The van der Waals surface area contributed by atoms with Gasteiger partial charge in [-0.3, -0.25) is 4.31 Å². The van der Waals surface area contributed by atoms with Crippen LogP contribution in [0.5, 0.6) is 0 Å². The SMILES string of the molecule is CCN(c1cccc(C)c1)S(=O)(=O)c1cc(-c2nc(-c3cccc(F)c3)no2)sc1C. The largest absolute Gasteiger partial charge is 0.333 e. The first-order valence-electron chi connectivity index (χ1n) is 9.59. The van der Waals surface area contributed by atoms with Crippen LogP contribution in [0.25, 0.3) is 22.2 Å². The Balaban J connectivity index is 1.70. The molecule has 0 unspecified atom stereocenters. The molecule has 4 aromatic rings. The minimum Gasteiger partial charge on any atom is -0.333 e. The number of aryl methyl sites for hydroxylation is 2. The Kier molecular flexibility index (Phi) is 5.63. The molecule has 160 valence electrons. The number of thiophene rings is 1. The lowest BCUT2D eigenvalue weighted by atomic mass is 10.2. The maximum absolute atomic E-state index is 13.5. The Labute approximate surface area is 184 Å². The highest BCUT2D eigenvalue weighted by Crippen LogP contribution is 2.36. The molecular formula is C22H20FN3O3S2. The van der Waals surface area contributed by atoms with E-state index < -0.39 is 15.8 Å². The predicted octanol–water partition coefficient (Wildman–Crippen LogP) is 5.44. The van der Waals surface area contributed by atoms with Gasteiger partial charge in [0.15, 0.2) is 0 Å². The molecule has 0 saturated heterocycles. The first kappa shape index (κ1) is 21.2. The van der Waals surface area contributed by atoms with E-state index in [9.17, 15) is 12.8 Å². The third-order valence-electron chi connectivity index (χ3n) is 4.74. The molecule has 2 heterocycles. The molecule has 4 rings (SSSR count). The summed E-state index contributed by atoms with van der Waals surface area (Å²) in [5, 5.41) is 3.91. The van der Waals surface area contributed by atoms with Gasteiger partial charge in [-0.15, -0.1) is 11.3 Å². The Morgan fingerprint density at radius 3 is 2.58 bits per heavy atom. The standard InChI is InChI=1S/C22H20FN3O3S2/c1-4-26(18-10-5-7-14(2)11-18)31(27,28)20-13-19(30-15(20)3)22-24-21(25-29-22)16-8-6-9-17(23)12-16/h5-13H,4H2,1-3H3. The Morgan fingerprint density at radius 2 is 1.87 bits per heavy atom. The molecule has 2 aromatic heterocycles. The van der Waals surface area contributed by atoms with Crippen molar-refractivity contribution in [2.24, 2.45) is 0 Å². The van der Waals surface area contributed by atoms with Crippen molar-refractivity contribution in [1.29, 1.82) is 0 Å². The van der Waals surface area contributed by atoms with Gasteiger partial charge in [-0.1, -0.05) is 29.4 Å². The van der Waals surface area contributed by atoms with Crippen LogP contribution in [0.1, 0.15) is 17.4 Å². The molecule has 0 saturated carbocycles. The van der Waals surface area contributed by atoms with Crippen LogP contribution in [-0.2, 0) is 10.0 Å². The first-order chi connectivity index (χ1) is 14.8. The zero-order chi connectivity index (χ0) is 22.2. The van der Waals surface area contributed by atoms with Crippen LogP contribution in [-0.4, -0.2) is 25.1 Å². The summed E-state index contributed by atoms with van der Waals surface area (Å²) in [5.74, 6) is 0.0207. The lowest BCUT2D eigenvalue weighted by molar-refractivity contribution is 0.433. The van der Waals surface area contributed by atoms with Gasteiger partial charge in [0.1, 0.15) is 10.7 Å². The maximum Gasteiger partial charge on any atom is 0.268 e. The first-order valence-corrected chi connectivity index (χ1v) is 11.8. The molecule has 0 bridgehead atoms. The molecule has 0 aliphatic carbocycles. The Hall–Kier alpha value is -3.04. The van der Waals surface area contributed by atoms with Crippen molar-refractivity contribution in [2.75, 3.05) is 10.8 Å². The molecular weight excluding hydrogens is 437 g/mol. The van der Waals surface area contributed by atoms with Crippen molar-refractivity contribution in [2.45, 2.75) is 25.7 Å². The fourth-order valence-electron chi connectivity index (χ4n) is 3.29. The molecule has 0 spiro atoms. The summed E-state index contributed by atoms with van der Waals surface area (Å²) in [5.41, 5.74) is 2.07. The average molecular weight is 458 g/mol. The zero-order valence-electron chi connectivity index (χ0n) is 17.2. The molecule has 0 amide bonds. The molecule has 0 radical (unpaired) electrons. The summed E-state index contributed by atoms with van der Waals surface area (Å²) in [6, 6.07) is 14.8. The third-order valence-corrected chi connectivity index (χ3v) is 7.93. The lowest BCUT2D eigenvalue weighted by Gasteiger charge is -2.23. The molecule has 0 fully saturated rings. The van der Waals surface area contributed by atoms with E-state index in [4.69, 9.17) is 4.52 Å². The number of hydrogen-bond acceptors (Lipinski definition) is 6. The summed E-state index contributed by atoms with van der Waals surface area (Å²) in [4.78, 5) is 5.67. The summed E-state index contributed by atoms with van der Waals surface area (Å²) in [6.45, 7) is 5.76. The molecule has 31 heavy (non-hydrogen) atoms. The van der Waals surface area contributed by atoms with Crippen molar-refractivity contribution in [1.82, 2.24) is 10.1 Å². The van der Waals surface area contributed by atoms with Gasteiger partial charge in [-0.25, -0.2) is 12.8 Å². The van der Waals surface area contributed by atoms with E-state index in [1.54, 1.807) is 38.1 Å². The van der Waals surface area contributed by atoms with E-state index in [0.717, 1.165) is 5.56 Å². The minimum absolute atomic E-state index is 0.187. The average Bonchev–Trinajstić information content (AvgIpc) is 3.35. The van der Waals surface area contributed by atoms with Crippen LogP contribution in [0.2, 0.25) is 0 Å². The highest BCUT2D eigenvalue weighted by atomic mass is 32.2. The number of benzene rings is 2. The smallest absolute Gasteiger partial charge is 0.268 e. The van der Waals surface area contributed by atoms with Crippen molar-refractivity contribution in [3.8, 4) is 22.2 Å². The van der Waals surface area contributed by atoms with Crippen molar-refractivity contribution in [3.63, 3.8) is 0 Å². The molecule has 0 aliphatic heterocycles. The molecule has 0 N–H and O–H groups in total. The van der Waals surface area contributed by atoms with Crippen LogP contribution in [0.4, 0.5) is 10.1 Å². The number of hydrogen-bond donors (Lipinski definition) is 0. The zero-order valence-corrected chi connectivity index (χ0v) is 18.8. The maximum atomic E-state index is 13.5. The van der Waals surface area contributed by atoms with Crippen LogP contribution < -0.4 is 4.31 Å². The van der Waals surface area contributed by atoms with E-state index in [1.165, 1.54) is 27.8 Å². The Bertz CT molecular complexity index is 1350. The number of halogens is 1. The van der Waals surface area contributed by atoms with Crippen molar-refractivity contribution >= 4 is 27.0 Å².